The summed E-state index contributed by atoms with van der Waals surface area (Å²) in [5, 5.41) is 3.39. The van der Waals surface area contributed by atoms with Crippen LogP contribution in [0.2, 0.25) is 5.02 Å². The average molecular weight is 372 g/mol. The number of anilines is 1. The zero-order chi connectivity index (χ0) is 18.7. The van der Waals surface area contributed by atoms with E-state index in [9.17, 15) is 9.59 Å². The molecule has 1 aliphatic heterocycles. The predicted octanol–water partition coefficient (Wildman–Crippen LogP) is 4.17. The topological polar surface area (TPSA) is 62.3 Å². The van der Waals surface area contributed by atoms with Gasteiger partial charge < -0.3 is 10.2 Å². The van der Waals surface area contributed by atoms with Gasteiger partial charge in [-0.2, -0.15) is 0 Å². The van der Waals surface area contributed by atoms with E-state index in [0.717, 1.165) is 31.5 Å². The number of likely N-dealkylation sites (tertiary alicyclic amines) is 1. The molecule has 1 fully saturated rings. The van der Waals surface area contributed by atoms with Gasteiger partial charge in [-0.3, -0.25) is 14.6 Å². The van der Waals surface area contributed by atoms with Crippen LogP contribution in [0.25, 0.3) is 0 Å². The van der Waals surface area contributed by atoms with Crippen LogP contribution < -0.4 is 5.32 Å². The monoisotopic (exact) mass is 371 g/mol. The van der Waals surface area contributed by atoms with Crippen LogP contribution in [-0.4, -0.2) is 34.8 Å². The Morgan fingerprint density at radius 1 is 1.27 bits per heavy atom. The second kappa shape index (κ2) is 7.87. The first kappa shape index (κ1) is 18.4. The number of hydrogen-bond acceptors (Lipinski definition) is 3. The normalized spacial score (nSPS) is 17.0. The van der Waals surface area contributed by atoms with Gasteiger partial charge in [0.1, 0.15) is 5.69 Å². The van der Waals surface area contributed by atoms with Crippen LogP contribution in [-0.2, 0) is 0 Å². The molecule has 2 aromatic rings. The van der Waals surface area contributed by atoms with Crippen LogP contribution in [0.15, 0.2) is 36.5 Å². The third-order valence-electron chi connectivity index (χ3n) is 4.62. The number of piperidine rings is 1. The van der Waals surface area contributed by atoms with Gasteiger partial charge in [0.2, 0.25) is 0 Å². The van der Waals surface area contributed by atoms with Crippen molar-refractivity contribution in [3.63, 3.8) is 0 Å². The summed E-state index contributed by atoms with van der Waals surface area (Å²) >= 11 is 6.10. The lowest BCUT2D eigenvalue weighted by molar-refractivity contribution is 0.0677. The molecule has 2 heterocycles. The van der Waals surface area contributed by atoms with Crippen molar-refractivity contribution in [2.75, 3.05) is 18.4 Å². The van der Waals surface area contributed by atoms with Gasteiger partial charge in [0, 0.05) is 35.6 Å². The van der Waals surface area contributed by atoms with Gasteiger partial charge >= 0.3 is 0 Å². The molecule has 1 saturated heterocycles. The molecule has 1 N–H and O–H groups in total. The van der Waals surface area contributed by atoms with E-state index >= 15 is 0 Å². The van der Waals surface area contributed by atoms with Crippen molar-refractivity contribution in [2.45, 2.75) is 26.7 Å². The number of nitrogens with zero attached hydrogens (tertiary/aromatic N) is 2. The molecule has 0 bridgehead atoms. The number of rotatable bonds is 3. The Morgan fingerprint density at radius 3 is 2.81 bits per heavy atom. The van der Waals surface area contributed by atoms with E-state index < -0.39 is 0 Å². The van der Waals surface area contributed by atoms with Crippen molar-refractivity contribution in [2.24, 2.45) is 5.92 Å². The van der Waals surface area contributed by atoms with E-state index in [-0.39, 0.29) is 11.8 Å². The lowest BCUT2D eigenvalue weighted by Crippen LogP contribution is -2.39. The number of benzene rings is 1. The summed E-state index contributed by atoms with van der Waals surface area (Å²) in [5.41, 5.74) is 2.25. The van der Waals surface area contributed by atoms with Crippen molar-refractivity contribution in [1.82, 2.24) is 9.88 Å². The number of amides is 2. The number of aromatic nitrogens is 1. The Bertz CT molecular complexity index is 838. The van der Waals surface area contributed by atoms with E-state index in [1.54, 1.807) is 24.3 Å². The molecule has 0 spiro atoms. The van der Waals surface area contributed by atoms with Crippen LogP contribution in [0, 0.1) is 12.8 Å². The number of pyridine rings is 1. The Labute approximate surface area is 158 Å². The van der Waals surface area contributed by atoms with Crippen LogP contribution >= 0.6 is 11.6 Å². The molecule has 1 aromatic carbocycles. The highest BCUT2D eigenvalue weighted by Gasteiger charge is 2.23. The summed E-state index contributed by atoms with van der Waals surface area (Å²) < 4.78 is 0. The largest absolute Gasteiger partial charge is 0.337 e. The molecule has 0 aliphatic carbocycles. The van der Waals surface area contributed by atoms with E-state index in [0.29, 0.717) is 27.9 Å². The maximum atomic E-state index is 12.7. The minimum absolute atomic E-state index is 0.121. The number of hydrogen-bond donors (Lipinski definition) is 1. The number of nitrogens with one attached hydrogen (secondary N) is 1. The highest BCUT2D eigenvalue weighted by Crippen LogP contribution is 2.21. The van der Waals surface area contributed by atoms with Gasteiger partial charge in [0.05, 0.1) is 0 Å². The van der Waals surface area contributed by atoms with Crippen molar-refractivity contribution < 1.29 is 9.59 Å². The molecule has 0 saturated carbocycles. The molecule has 6 heteroatoms. The van der Waals surface area contributed by atoms with Gasteiger partial charge in [-0.1, -0.05) is 24.6 Å². The van der Waals surface area contributed by atoms with Gasteiger partial charge in [0.15, 0.2) is 0 Å². The third-order valence-corrected chi connectivity index (χ3v) is 5.02. The zero-order valence-corrected chi connectivity index (χ0v) is 15.7. The maximum absolute atomic E-state index is 12.7. The maximum Gasteiger partial charge on any atom is 0.272 e. The lowest BCUT2D eigenvalue weighted by Gasteiger charge is -2.30. The number of aryl methyl sites for hydroxylation is 1. The minimum Gasteiger partial charge on any atom is -0.337 e. The molecule has 26 heavy (non-hydrogen) atoms. The highest BCUT2D eigenvalue weighted by molar-refractivity contribution is 6.31. The van der Waals surface area contributed by atoms with Crippen LogP contribution in [0.4, 0.5) is 5.69 Å². The Hall–Kier alpha value is -2.40. The fourth-order valence-electron chi connectivity index (χ4n) is 3.10. The van der Waals surface area contributed by atoms with Crippen LogP contribution in [0.3, 0.4) is 0 Å². The third kappa shape index (κ3) is 4.22. The number of carbonyl (C=O) groups is 2. The van der Waals surface area contributed by atoms with Crippen molar-refractivity contribution >= 4 is 29.1 Å². The summed E-state index contributed by atoms with van der Waals surface area (Å²) in [4.78, 5) is 31.2. The number of halogens is 1. The van der Waals surface area contributed by atoms with Crippen LogP contribution in [0.1, 0.15) is 46.2 Å². The van der Waals surface area contributed by atoms with Crippen molar-refractivity contribution in [3.8, 4) is 0 Å². The molecule has 1 atom stereocenters. The van der Waals surface area contributed by atoms with E-state index in [2.05, 4.69) is 17.2 Å². The molecule has 2 amide bonds. The van der Waals surface area contributed by atoms with Crippen molar-refractivity contribution in [3.05, 3.63) is 58.4 Å². The molecule has 5 nitrogen and oxygen atoms in total. The highest BCUT2D eigenvalue weighted by atomic mass is 35.5. The Morgan fingerprint density at radius 2 is 2.08 bits per heavy atom. The summed E-state index contributed by atoms with van der Waals surface area (Å²) in [6.07, 6.45) is 3.64. The van der Waals surface area contributed by atoms with Gasteiger partial charge in [-0.25, -0.2) is 0 Å². The summed E-state index contributed by atoms with van der Waals surface area (Å²) in [5.74, 6) is 0.0726. The van der Waals surface area contributed by atoms with E-state index in [4.69, 9.17) is 11.6 Å². The molecule has 3 rings (SSSR count). The Balaban J connectivity index is 1.74. The first-order valence-corrected chi connectivity index (χ1v) is 9.14. The fraction of sp³-hybridized carbons (Fsp3) is 0.350. The second-order valence-electron chi connectivity index (χ2n) is 6.85. The Kier molecular flexibility index (Phi) is 5.57. The molecular weight excluding hydrogens is 350 g/mol. The van der Waals surface area contributed by atoms with Gasteiger partial charge in [0.25, 0.3) is 11.8 Å². The van der Waals surface area contributed by atoms with E-state index in [1.165, 1.54) is 6.20 Å². The number of carbonyl (C=O) groups excluding carboxylic acids is 2. The van der Waals surface area contributed by atoms with Crippen LogP contribution in [0.5, 0.6) is 0 Å². The molecular formula is C20H22ClN3O2. The summed E-state index contributed by atoms with van der Waals surface area (Å²) in [7, 11) is 0. The van der Waals surface area contributed by atoms with Gasteiger partial charge in [-0.05, 0) is 55.5 Å². The predicted molar refractivity (Wildman–Crippen MR) is 103 cm³/mol. The molecule has 136 valence electrons. The SMILES string of the molecule is Cc1ccc(NC(=O)c2ccnc(C(=O)N3CCCC(C)C3)c2)cc1Cl. The second-order valence-corrected chi connectivity index (χ2v) is 7.25. The first-order chi connectivity index (χ1) is 12.4. The quantitative estimate of drug-likeness (QED) is 0.880. The summed E-state index contributed by atoms with van der Waals surface area (Å²) in [6.45, 7) is 5.52. The van der Waals surface area contributed by atoms with Crippen molar-refractivity contribution in [1.29, 1.82) is 0 Å². The first-order valence-electron chi connectivity index (χ1n) is 8.77. The average Bonchev–Trinajstić information content (AvgIpc) is 2.64. The van der Waals surface area contributed by atoms with Gasteiger partial charge in [-0.15, -0.1) is 0 Å². The smallest absolute Gasteiger partial charge is 0.272 e. The molecule has 1 unspecified atom stereocenters. The fourth-order valence-corrected chi connectivity index (χ4v) is 3.28. The molecule has 1 aliphatic rings. The summed E-state index contributed by atoms with van der Waals surface area (Å²) in [6, 6.07) is 8.49. The van der Waals surface area contributed by atoms with E-state index in [1.807, 2.05) is 17.9 Å². The standard InChI is InChI=1S/C20H22ClN3O2/c1-13-4-3-9-24(12-13)20(26)18-10-15(7-8-22-18)19(25)23-16-6-5-14(2)17(21)11-16/h5-8,10-11,13H,3-4,9,12H2,1-2H3,(H,23,25). The molecule has 0 radical (unpaired) electrons. The molecule has 1 aromatic heterocycles. The minimum atomic E-state index is -0.298. The lowest BCUT2D eigenvalue weighted by atomic mass is 10.00. The zero-order valence-electron chi connectivity index (χ0n) is 15.0.